The Morgan fingerprint density at radius 2 is 1.82 bits per heavy atom. The molecule has 9 heteroatoms. The van der Waals surface area contributed by atoms with Crippen LogP contribution in [0.4, 0.5) is 0 Å². The predicted octanol–water partition coefficient (Wildman–Crippen LogP) is 3.66. The predicted molar refractivity (Wildman–Crippen MR) is 131 cm³/mol. The summed E-state index contributed by atoms with van der Waals surface area (Å²) in [6, 6.07) is 15.0. The molecule has 2 aromatic rings. The Morgan fingerprint density at radius 3 is 2.59 bits per heavy atom. The Labute approximate surface area is 200 Å². The van der Waals surface area contributed by atoms with Gasteiger partial charge in [0.2, 0.25) is 0 Å². The normalized spacial score (nSPS) is 17.8. The van der Waals surface area contributed by atoms with Gasteiger partial charge in [0, 0.05) is 23.9 Å². The number of carbonyl (C=O) groups excluding carboxylic acids is 1. The minimum Gasteiger partial charge on any atom is -0.463 e. The second kappa shape index (κ2) is 12.8. The number of aliphatic hydroxyl groups excluding tert-OH is 1. The minimum atomic E-state index is -3.36. The van der Waals surface area contributed by atoms with E-state index >= 15 is 0 Å². The number of para-hydroxylation sites is 1. The van der Waals surface area contributed by atoms with Crippen LogP contribution in [-0.4, -0.2) is 62.7 Å². The highest BCUT2D eigenvalue weighted by molar-refractivity contribution is 7.67. The van der Waals surface area contributed by atoms with E-state index in [-0.39, 0.29) is 45.2 Å². The zero-order chi connectivity index (χ0) is 24.4. The number of fused-ring (bicyclic) bond motifs is 3. The second-order valence-electron chi connectivity index (χ2n) is 8.16. The molecule has 8 nitrogen and oxygen atoms in total. The van der Waals surface area contributed by atoms with Crippen molar-refractivity contribution in [3.05, 3.63) is 48.5 Å². The molecule has 1 aliphatic rings. The SMILES string of the molecule is CC(C)OCCOC(=O)CC(C=NCOCCO)CP1(=O)Oc2ccccc2-c2ccccc21. The van der Waals surface area contributed by atoms with Crippen molar-refractivity contribution in [2.45, 2.75) is 26.4 Å². The van der Waals surface area contributed by atoms with Crippen LogP contribution in [0.5, 0.6) is 5.75 Å². The van der Waals surface area contributed by atoms with E-state index in [4.69, 9.17) is 23.8 Å². The van der Waals surface area contributed by atoms with E-state index in [2.05, 4.69) is 4.99 Å². The summed E-state index contributed by atoms with van der Waals surface area (Å²) in [6.45, 7) is 4.34. The average Bonchev–Trinajstić information content (AvgIpc) is 2.81. The zero-order valence-electron chi connectivity index (χ0n) is 19.6. The molecule has 1 aliphatic heterocycles. The Hall–Kier alpha value is -2.51. The summed E-state index contributed by atoms with van der Waals surface area (Å²) < 4.78 is 36.1. The first-order chi connectivity index (χ1) is 16.4. The van der Waals surface area contributed by atoms with Crippen molar-refractivity contribution in [2.24, 2.45) is 10.9 Å². The van der Waals surface area contributed by atoms with Crippen LogP contribution < -0.4 is 9.83 Å². The van der Waals surface area contributed by atoms with Crippen LogP contribution in [0.1, 0.15) is 20.3 Å². The lowest BCUT2D eigenvalue weighted by Gasteiger charge is -2.30. The van der Waals surface area contributed by atoms with E-state index in [0.717, 1.165) is 11.1 Å². The summed E-state index contributed by atoms with van der Waals surface area (Å²) >= 11 is 0. The standard InChI is InChI=1S/C25H32NO7P/c1-19(2)31-13-14-32-25(28)15-20(16-26-18-30-12-11-27)17-34(29)24-10-6-4-8-22(24)21-7-3-5-9-23(21)33-34/h3-10,16,19-20,27H,11-15,17-18H2,1-2H3. The van der Waals surface area contributed by atoms with Crippen LogP contribution in [0.25, 0.3) is 11.1 Å². The van der Waals surface area contributed by atoms with Gasteiger partial charge in [-0.15, -0.1) is 0 Å². The maximum absolute atomic E-state index is 14.2. The first-order valence-corrected chi connectivity index (χ1v) is 13.2. The monoisotopic (exact) mass is 489 g/mol. The van der Waals surface area contributed by atoms with Gasteiger partial charge in [-0.05, 0) is 31.5 Å². The summed E-state index contributed by atoms with van der Waals surface area (Å²) in [7, 11) is -3.36. The fourth-order valence-electron chi connectivity index (χ4n) is 3.67. The van der Waals surface area contributed by atoms with Crippen molar-refractivity contribution < 1.29 is 33.2 Å². The molecule has 2 aromatic carbocycles. The van der Waals surface area contributed by atoms with E-state index in [1.54, 1.807) is 12.3 Å². The average molecular weight is 490 g/mol. The van der Waals surface area contributed by atoms with Gasteiger partial charge in [0.1, 0.15) is 19.1 Å². The van der Waals surface area contributed by atoms with Gasteiger partial charge < -0.3 is 23.8 Å². The summed E-state index contributed by atoms with van der Waals surface area (Å²) in [5.41, 5.74) is 1.75. The summed E-state index contributed by atoms with van der Waals surface area (Å²) in [6.07, 6.45) is 1.69. The molecule has 0 fully saturated rings. The molecule has 0 saturated heterocycles. The Bertz CT molecular complexity index is 1020. The molecule has 0 spiro atoms. The number of esters is 1. The van der Waals surface area contributed by atoms with E-state index in [9.17, 15) is 9.36 Å². The van der Waals surface area contributed by atoms with Gasteiger partial charge in [0.05, 0.1) is 37.6 Å². The lowest BCUT2D eigenvalue weighted by molar-refractivity contribution is -0.146. The van der Waals surface area contributed by atoms with E-state index in [1.807, 2.05) is 56.3 Å². The van der Waals surface area contributed by atoms with E-state index in [0.29, 0.717) is 17.7 Å². The van der Waals surface area contributed by atoms with E-state index in [1.165, 1.54) is 0 Å². The van der Waals surface area contributed by atoms with Crippen LogP contribution in [-0.2, 0) is 23.6 Å². The number of aliphatic imine (C=N–C) groups is 1. The van der Waals surface area contributed by atoms with Crippen molar-refractivity contribution in [1.82, 2.24) is 0 Å². The molecule has 0 radical (unpaired) electrons. The number of ether oxygens (including phenoxy) is 3. The Balaban J connectivity index is 1.76. The molecular weight excluding hydrogens is 457 g/mol. The summed E-state index contributed by atoms with van der Waals surface area (Å²) in [5.74, 6) is -0.377. The van der Waals surface area contributed by atoms with Crippen LogP contribution in [0.15, 0.2) is 53.5 Å². The summed E-state index contributed by atoms with van der Waals surface area (Å²) in [5, 5.41) is 9.48. The molecule has 0 amide bonds. The number of rotatable bonds is 13. The molecule has 0 aliphatic carbocycles. The first kappa shape index (κ1) is 26.1. The molecule has 1 heterocycles. The highest BCUT2D eigenvalue weighted by Crippen LogP contribution is 2.55. The third-order valence-electron chi connectivity index (χ3n) is 5.11. The minimum absolute atomic E-state index is 0.0116. The van der Waals surface area contributed by atoms with Crippen LogP contribution in [0, 0.1) is 5.92 Å². The fourth-order valence-corrected chi connectivity index (χ4v) is 6.23. The van der Waals surface area contributed by atoms with Gasteiger partial charge in [-0.2, -0.15) is 0 Å². The second-order valence-corrected chi connectivity index (χ2v) is 10.5. The smallest absolute Gasteiger partial charge is 0.306 e. The van der Waals surface area contributed by atoms with Crippen molar-refractivity contribution >= 4 is 24.9 Å². The van der Waals surface area contributed by atoms with E-state index < -0.39 is 19.3 Å². The first-order valence-electron chi connectivity index (χ1n) is 11.4. The number of benzene rings is 2. The molecule has 1 N–H and O–H groups in total. The number of aliphatic hydroxyl groups is 1. The number of hydrogen-bond acceptors (Lipinski definition) is 8. The lowest BCUT2D eigenvalue weighted by Crippen LogP contribution is -2.25. The molecular formula is C25H32NO7P. The molecule has 184 valence electrons. The molecule has 2 unspecified atom stereocenters. The van der Waals surface area contributed by atoms with Crippen LogP contribution >= 0.6 is 7.37 Å². The third-order valence-corrected chi connectivity index (χ3v) is 7.68. The maximum atomic E-state index is 14.2. The van der Waals surface area contributed by atoms with Gasteiger partial charge in [0.25, 0.3) is 7.37 Å². The molecule has 0 bridgehead atoms. The lowest BCUT2D eigenvalue weighted by atomic mass is 10.0. The van der Waals surface area contributed by atoms with Crippen molar-refractivity contribution in [3.8, 4) is 16.9 Å². The van der Waals surface area contributed by atoms with Gasteiger partial charge in [-0.25, -0.2) is 0 Å². The van der Waals surface area contributed by atoms with Gasteiger partial charge in [-0.3, -0.25) is 14.4 Å². The van der Waals surface area contributed by atoms with Gasteiger partial charge in [0.15, 0.2) is 0 Å². The maximum Gasteiger partial charge on any atom is 0.306 e. The Morgan fingerprint density at radius 1 is 1.09 bits per heavy atom. The fraction of sp³-hybridized carbons (Fsp3) is 0.440. The van der Waals surface area contributed by atoms with Crippen LogP contribution in [0.3, 0.4) is 0 Å². The van der Waals surface area contributed by atoms with Gasteiger partial charge >= 0.3 is 5.97 Å². The topological polar surface area (TPSA) is 104 Å². The van der Waals surface area contributed by atoms with Crippen molar-refractivity contribution in [2.75, 3.05) is 39.3 Å². The molecule has 3 rings (SSSR count). The van der Waals surface area contributed by atoms with Crippen molar-refractivity contribution in [3.63, 3.8) is 0 Å². The highest BCUT2D eigenvalue weighted by atomic mass is 31.2. The third kappa shape index (κ3) is 7.24. The zero-order valence-corrected chi connectivity index (χ0v) is 20.5. The van der Waals surface area contributed by atoms with Gasteiger partial charge in [-0.1, -0.05) is 36.4 Å². The largest absolute Gasteiger partial charge is 0.463 e. The van der Waals surface area contributed by atoms with Crippen LogP contribution in [0.2, 0.25) is 0 Å². The number of nitrogens with zero attached hydrogens (tertiary/aromatic N) is 1. The summed E-state index contributed by atoms with van der Waals surface area (Å²) in [4.78, 5) is 16.7. The van der Waals surface area contributed by atoms with Crippen molar-refractivity contribution in [1.29, 1.82) is 0 Å². The molecule has 0 aromatic heterocycles. The quantitative estimate of drug-likeness (QED) is 0.198. The highest BCUT2D eigenvalue weighted by Gasteiger charge is 2.38. The molecule has 34 heavy (non-hydrogen) atoms. The number of carbonyl (C=O) groups is 1. The number of hydrogen-bond donors (Lipinski definition) is 1. The molecule has 2 atom stereocenters. The Kier molecular flexibility index (Phi) is 9.84. The molecule has 0 saturated carbocycles.